The molecule has 112 valence electrons. The Labute approximate surface area is 121 Å². The SMILES string of the molecule is CCN(C(=O)C(C)CCCN)C(C)c1ccc(F)cc1. The maximum absolute atomic E-state index is 13.0. The first-order valence-electron chi connectivity index (χ1n) is 7.27. The number of nitrogens with zero attached hydrogens (tertiary/aromatic N) is 1. The summed E-state index contributed by atoms with van der Waals surface area (Å²) in [6.45, 7) is 7.14. The monoisotopic (exact) mass is 280 g/mol. The second kappa shape index (κ2) is 8.00. The Balaban J connectivity index is 2.78. The van der Waals surface area contributed by atoms with Crippen LogP contribution in [0.1, 0.15) is 45.2 Å². The standard InChI is InChI=1S/C16H25FN2O/c1-4-19(16(20)12(2)6-5-11-18)13(3)14-7-9-15(17)10-8-14/h7-10,12-13H,4-6,11,18H2,1-3H3. The molecule has 0 saturated heterocycles. The fourth-order valence-electron chi connectivity index (χ4n) is 2.37. The number of hydrogen-bond donors (Lipinski definition) is 1. The second-order valence-corrected chi connectivity index (χ2v) is 5.18. The highest BCUT2D eigenvalue weighted by Crippen LogP contribution is 2.23. The number of halogens is 1. The molecule has 0 fully saturated rings. The van der Waals surface area contributed by atoms with Gasteiger partial charge in [-0.05, 0) is 50.9 Å². The highest BCUT2D eigenvalue weighted by atomic mass is 19.1. The van der Waals surface area contributed by atoms with Crippen molar-refractivity contribution in [1.82, 2.24) is 4.90 Å². The zero-order valence-corrected chi connectivity index (χ0v) is 12.6. The average molecular weight is 280 g/mol. The maximum atomic E-state index is 13.0. The van der Waals surface area contributed by atoms with Gasteiger partial charge >= 0.3 is 0 Å². The molecule has 2 unspecified atom stereocenters. The lowest BCUT2D eigenvalue weighted by Crippen LogP contribution is -2.37. The third-order valence-corrected chi connectivity index (χ3v) is 3.71. The molecule has 2 N–H and O–H groups in total. The van der Waals surface area contributed by atoms with Crippen molar-refractivity contribution in [3.05, 3.63) is 35.6 Å². The Morgan fingerprint density at radius 3 is 2.40 bits per heavy atom. The molecule has 0 aliphatic carbocycles. The fourth-order valence-corrected chi connectivity index (χ4v) is 2.37. The number of benzene rings is 1. The first-order valence-corrected chi connectivity index (χ1v) is 7.27. The van der Waals surface area contributed by atoms with E-state index in [1.165, 1.54) is 12.1 Å². The van der Waals surface area contributed by atoms with E-state index in [0.29, 0.717) is 13.1 Å². The maximum Gasteiger partial charge on any atom is 0.225 e. The molecule has 20 heavy (non-hydrogen) atoms. The topological polar surface area (TPSA) is 46.3 Å². The molecule has 0 bridgehead atoms. The van der Waals surface area contributed by atoms with E-state index in [1.54, 1.807) is 12.1 Å². The smallest absolute Gasteiger partial charge is 0.225 e. The highest BCUT2D eigenvalue weighted by molar-refractivity contribution is 5.78. The molecule has 0 heterocycles. The minimum atomic E-state index is -0.258. The van der Waals surface area contributed by atoms with Gasteiger partial charge < -0.3 is 10.6 Å². The number of hydrogen-bond acceptors (Lipinski definition) is 2. The molecular formula is C16H25FN2O. The van der Waals surface area contributed by atoms with E-state index in [1.807, 2.05) is 25.7 Å². The molecule has 1 amide bonds. The first-order chi connectivity index (χ1) is 9.51. The Morgan fingerprint density at radius 2 is 1.90 bits per heavy atom. The summed E-state index contributed by atoms with van der Waals surface area (Å²) >= 11 is 0. The lowest BCUT2D eigenvalue weighted by Gasteiger charge is -2.31. The summed E-state index contributed by atoms with van der Waals surface area (Å²) < 4.78 is 13.0. The molecule has 1 aromatic rings. The van der Waals surface area contributed by atoms with E-state index < -0.39 is 0 Å². The Kier molecular flexibility index (Phi) is 6.65. The van der Waals surface area contributed by atoms with Crippen LogP contribution < -0.4 is 5.73 Å². The largest absolute Gasteiger partial charge is 0.336 e. The second-order valence-electron chi connectivity index (χ2n) is 5.18. The summed E-state index contributed by atoms with van der Waals surface area (Å²) in [6.07, 6.45) is 1.66. The number of rotatable bonds is 7. The Bertz CT molecular complexity index is 419. The van der Waals surface area contributed by atoms with Crippen LogP contribution in [-0.2, 0) is 4.79 Å². The lowest BCUT2D eigenvalue weighted by molar-refractivity contribution is -0.137. The Hall–Kier alpha value is -1.42. The molecule has 1 rings (SSSR count). The van der Waals surface area contributed by atoms with Crippen LogP contribution in [0.2, 0.25) is 0 Å². The quantitative estimate of drug-likeness (QED) is 0.834. The normalized spacial score (nSPS) is 13.8. The number of amides is 1. The first kappa shape index (κ1) is 16.6. The number of carbonyl (C=O) groups excluding carboxylic acids is 1. The Morgan fingerprint density at radius 1 is 1.30 bits per heavy atom. The van der Waals surface area contributed by atoms with Crippen molar-refractivity contribution in [2.45, 2.75) is 39.7 Å². The zero-order valence-electron chi connectivity index (χ0n) is 12.6. The third-order valence-electron chi connectivity index (χ3n) is 3.71. The van der Waals surface area contributed by atoms with Gasteiger partial charge in [0.1, 0.15) is 5.82 Å². The van der Waals surface area contributed by atoms with Crippen LogP contribution >= 0.6 is 0 Å². The van der Waals surface area contributed by atoms with Gasteiger partial charge in [-0.3, -0.25) is 4.79 Å². The predicted octanol–water partition coefficient (Wildman–Crippen LogP) is 3.11. The van der Waals surface area contributed by atoms with Crippen LogP contribution in [0.15, 0.2) is 24.3 Å². The van der Waals surface area contributed by atoms with E-state index in [9.17, 15) is 9.18 Å². The summed E-state index contributed by atoms with van der Waals surface area (Å²) in [6, 6.07) is 6.29. The van der Waals surface area contributed by atoms with Gasteiger partial charge in [-0.2, -0.15) is 0 Å². The number of nitrogens with two attached hydrogens (primary N) is 1. The van der Waals surface area contributed by atoms with Gasteiger partial charge in [0.25, 0.3) is 0 Å². The van der Waals surface area contributed by atoms with Crippen molar-refractivity contribution in [1.29, 1.82) is 0 Å². The van der Waals surface area contributed by atoms with E-state index in [0.717, 1.165) is 18.4 Å². The van der Waals surface area contributed by atoms with Gasteiger partial charge in [-0.1, -0.05) is 19.1 Å². The minimum absolute atomic E-state index is 0.0265. The van der Waals surface area contributed by atoms with E-state index in [4.69, 9.17) is 5.73 Å². The van der Waals surface area contributed by atoms with Gasteiger partial charge in [0.05, 0.1) is 6.04 Å². The van der Waals surface area contributed by atoms with Gasteiger partial charge in [0, 0.05) is 12.5 Å². The van der Waals surface area contributed by atoms with Crippen molar-refractivity contribution in [3.8, 4) is 0 Å². The molecule has 0 spiro atoms. The van der Waals surface area contributed by atoms with Crippen molar-refractivity contribution < 1.29 is 9.18 Å². The van der Waals surface area contributed by atoms with Crippen molar-refractivity contribution in [2.75, 3.05) is 13.1 Å². The summed E-state index contributed by atoms with van der Waals surface area (Å²) in [5, 5.41) is 0. The molecular weight excluding hydrogens is 255 g/mol. The van der Waals surface area contributed by atoms with E-state index >= 15 is 0 Å². The number of carbonyl (C=O) groups is 1. The van der Waals surface area contributed by atoms with E-state index in [2.05, 4.69) is 0 Å². The third kappa shape index (κ3) is 4.30. The molecule has 1 aromatic carbocycles. The molecule has 3 nitrogen and oxygen atoms in total. The van der Waals surface area contributed by atoms with Crippen LogP contribution in [-0.4, -0.2) is 23.9 Å². The van der Waals surface area contributed by atoms with Gasteiger partial charge in [-0.15, -0.1) is 0 Å². The van der Waals surface area contributed by atoms with Crippen LogP contribution in [0, 0.1) is 11.7 Å². The van der Waals surface area contributed by atoms with Crippen molar-refractivity contribution >= 4 is 5.91 Å². The fraction of sp³-hybridized carbons (Fsp3) is 0.562. The molecule has 0 aliphatic rings. The van der Waals surface area contributed by atoms with Crippen molar-refractivity contribution in [3.63, 3.8) is 0 Å². The molecule has 0 radical (unpaired) electrons. The van der Waals surface area contributed by atoms with Crippen LogP contribution in [0.4, 0.5) is 4.39 Å². The van der Waals surface area contributed by atoms with Crippen LogP contribution in [0.5, 0.6) is 0 Å². The zero-order chi connectivity index (χ0) is 15.1. The molecule has 0 aromatic heterocycles. The summed E-state index contributed by atoms with van der Waals surface area (Å²) in [5.74, 6) is -0.147. The summed E-state index contributed by atoms with van der Waals surface area (Å²) in [5.41, 5.74) is 6.44. The summed E-state index contributed by atoms with van der Waals surface area (Å²) in [4.78, 5) is 14.3. The minimum Gasteiger partial charge on any atom is -0.336 e. The molecule has 2 atom stereocenters. The highest BCUT2D eigenvalue weighted by Gasteiger charge is 2.24. The van der Waals surface area contributed by atoms with Gasteiger partial charge in [0.15, 0.2) is 0 Å². The van der Waals surface area contributed by atoms with Gasteiger partial charge in [-0.25, -0.2) is 4.39 Å². The van der Waals surface area contributed by atoms with E-state index in [-0.39, 0.29) is 23.7 Å². The summed E-state index contributed by atoms with van der Waals surface area (Å²) in [7, 11) is 0. The molecule has 0 saturated carbocycles. The van der Waals surface area contributed by atoms with Crippen LogP contribution in [0.3, 0.4) is 0 Å². The average Bonchev–Trinajstić information content (AvgIpc) is 2.45. The predicted molar refractivity (Wildman–Crippen MR) is 79.7 cm³/mol. The van der Waals surface area contributed by atoms with Crippen molar-refractivity contribution in [2.24, 2.45) is 11.7 Å². The van der Waals surface area contributed by atoms with Gasteiger partial charge in [0.2, 0.25) is 5.91 Å². The molecule has 0 aliphatic heterocycles. The lowest BCUT2D eigenvalue weighted by atomic mass is 10.0. The molecule has 4 heteroatoms. The van der Waals surface area contributed by atoms with Crippen LogP contribution in [0.25, 0.3) is 0 Å².